The molecule has 6 aromatic rings. The van der Waals surface area contributed by atoms with Gasteiger partial charge in [0.2, 0.25) is 35.4 Å². The Morgan fingerprint density at radius 3 is 0.914 bits per heavy atom. The number of amides is 6. The maximum absolute atomic E-state index is 13.6. The smallest absolute Gasteiger partial charge is 0.246 e. The van der Waals surface area contributed by atoms with Crippen LogP contribution in [0.1, 0.15) is 58.6 Å². The van der Waals surface area contributed by atoms with E-state index in [9.17, 15) is 28.8 Å². The Balaban J connectivity index is 1.20. The molecule has 0 radical (unpaired) electrons. The molecule has 70 heavy (non-hydrogen) atoms. The quantitative estimate of drug-likeness (QED) is 0.0275. The Morgan fingerprint density at radius 1 is 0.414 bits per heavy atom. The fourth-order valence-corrected chi connectivity index (χ4v) is 10.9. The zero-order valence-electron chi connectivity index (χ0n) is 39.2. The lowest BCUT2D eigenvalue weighted by Crippen LogP contribution is -2.44. The molecule has 0 unspecified atom stereocenters. The molecule has 0 aliphatic carbocycles. The van der Waals surface area contributed by atoms with Crippen molar-refractivity contribution in [2.24, 2.45) is 0 Å². The number of carbonyl (C=O) groups is 6. The Morgan fingerprint density at radius 2 is 0.686 bits per heavy atom. The zero-order valence-corrected chi connectivity index (χ0v) is 44.1. The first-order valence-electron chi connectivity index (χ1n) is 22.6. The topological polar surface area (TPSA) is 175 Å². The van der Waals surface area contributed by atoms with E-state index in [0.29, 0.717) is 53.6 Å². The molecule has 18 heteroatoms. The molecule has 3 aromatic heterocycles. The number of carbonyl (C=O) groups excluding carboxylic acids is 6. The second kappa shape index (κ2) is 28.5. The van der Waals surface area contributed by atoms with Gasteiger partial charge in [-0.1, -0.05) is 36.4 Å². The third kappa shape index (κ3) is 17.2. The molecule has 0 aliphatic rings. The summed E-state index contributed by atoms with van der Waals surface area (Å²) in [5.74, 6) is 0.207. The van der Waals surface area contributed by atoms with Crippen molar-refractivity contribution in [3.63, 3.8) is 0 Å². The molecule has 0 fully saturated rings. The molecule has 0 saturated heterocycles. The molecule has 12 nitrogen and oxygen atoms in total. The first kappa shape index (κ1) is 54.0. The SMILES string of the molecule is CSCC[C@H](NC(=O)Cc1ccsc1)C(=O)Nc1ccc(C(c2ccc(NC(=O)[C@H](CCSC)NC(=O)Cc3ccsc3)cc2)c2ccc(NC(=O)[C@H](CCSC)NC(=O)Cc3ccsc3)cc2)cc1. The van der Waals surface area contributed by atoms with Gasteiger partial charge in [-0.25, -0.2) is 0 Å². The summed E-state index contributed by atoms with van der Waals surface area (Å²) in [6, 6.07) is 26.3. The van der Waals surface area contributed by atoms with E-state index in [0.717, 1.165) is 33.4 Å². The summed E-state index contributed by atoms with van der Waals surface area (Å²) in [7, 11) is 0. The van der Waals surface area contributed by atoms with Crippen LogP contribution in [0.2, 0.25) is 0 Å². The average molecular weight is 1060 g/mol. The Hall–Kier alpha value is -5.37. The van der Waals surface area contributed by atoms with Crippen molar-refractivity contribution in [2.75, 3.05) is 52.0 Å². The highest BCUT2D eigenvalue weighted by atomic mass is 32.2. The molecule has 0 bridgehead atoms. The number of thioether (sulfide) groups is 3. The molecule has 6 N–H and O–H groups in total. The highest BCUT2D eigenvalue weighted by Gasteiger charge is 2.25. The van der Waals surface area contributed by atoms with E-state index < -0.39 is 18.1 Å². The van der Waals surface area contributed by atoms with Gasteiger partial charge in [0.15, 0.2) is 0 Å². The first-order chi connectivity index (χ1) is 34.0. The fourth-order valence-electron chi connectivity index (χ4n) is 7.53. The van der Waals surface area contributed by atoms with Crippen molar-refractivity contribution in [1.29, 1.82) is 0 Å². The molecule has 3 heterocycles. The number of rotatable bonds is 27. The minimum Gasteiger partial charge on any atom is -0.344 e. The highest BCUT2D eigenvalue weighted by molar-refractivity contribution is 7.99. The van der Waals surface area contributed by atoms with Crippen molar-refractivity contribution in [2.45, 2.75) is 62.6 Å². The Labute approximate surface area is 434 Å². The number of nitrogens with one attached hydrogen (secondary N) is 6. The van der Waals surface area contributed by atoms with Crippen LogP contribution in [0, 0.1) is 0 Å². The Bertz CT molecular complexity index is 2290. The molecular formula is C52H58N6O6S6. The van der Waals surface area contributed by atoms with Crippen LogP contribution in [-0.4, -0.2) is 89.6 Å². The third-order valence-electron chi connectivity index (χ3n) is 11.2. The van der Waals surface area contributed by atoms with E-state index in [1.54, 1.807) is 35.3 Å². The molecule has 3 atom stereocenters. The second-order valence-corrected chi connectivity index (χ2v) is 21.7. The summed E-state index contributed by atoms with van der Waals surface area (Å²) in [4.78, 5) is 79.6. The molecule has 3 aromatic carbocycles. The second-order valence-electron chi connectivity index (χ2n) is 16.4. The van der Waals surface area contributed by atoms with Crippen molar-refractivity contribution in [1.82, 2.24) is 16.0 Å². The zero-order chi connectivity index (χ0) is 49.7. The van der Waals surface area contributed by atoms with Crippen molar-refractivity contribution in [3.05, 3.63) is 157 Å². The van der Waals surface area contributed by atoms with E-state index in [4.69, 9.17) is 0 Å². The summed E-state index contributed by atoms with van der Waals surface area (Å²) in [6.45, 7) is 0. The monoisotopic (exact) mass is 1050 g/mol. The normalized spacial score (nSPS) is 12.3. The number of anilines is 3. The van der Waals surface area contributed by atoms with Gasteiger partial charge < -0.3 is 31.9 Å². The maximum atomic E-state index is 13.6. The van der Waals surface area contributed by atoms with Crippen LogP contribution in [-0.2, 0) is 48.0 Å². The Kier molecular flexibility index (Phi) is 22.0. The van der Waals surface area contributed by atoms with Gasteiger partial charge in [-0.2, -0.15) is 69.3 Å². The minimum atomic E-state index is -0.712. The maximum Gasteiger partial charge on any atom is 0.246 e. The third-order valence-corrected chi connectivity index (χ3v) is 15.3. The van der Waals surface area contributed by atoms with E-state index in [-0.39, 0.29) is 60.6 Å². The summed E-state index contributed by atoms with van der Waals surface area (Å²) >= 11 is 9.37. The fraction of sp³-hybridized carbons (Fsp3) is 0.308. The van der Waals surface area contributed by atoms with E-state index in [1.165, 1.54) is 34.0 Å². The van der Waals surface area contributed by atoms with Crippen LogP contribution in [0.5, 0.6) is 0 Å². The number of hydrogen-bond acceptors (Lipinski definition) is 12. The molecular weight excluding hydrogens is 997 g/mol. The number of hydrogen-bond donors (Lipinski definition) is 6. The lowest BCUT2D eigenvalue weighted by molar-refractivity contribution is -0.126. The number of benzene rings is 3. The molecule has 0 saturated carbocycles. The van der Waals surface area contributed by atoms with Gasteiger partial charge in [0.1, 0.15) is 18.1 Å². The highest BCUT2D eigenvalue weighted by Crippen LogP contribution is 2.34. The van der Waals surface area contributed by atoms with Crippen LogP contribution in [0.4, 0.5) is 17.1 Å². The van der Waals surface area contributed by atoms with Crippen LogP contribution >= 0.6 is 69.3 Å². The summed E-state index contributed by atoms with van der Waals surface area (Å²) in [5, 5.41) is 29.3. The molecule has 368 valence electrons. The van der Waals surface area contributed by atoms with Crippen LogP contribution < -0.4 is 31.9 Å². The van der Waals surface area contributed by atoms with Gasteiger partial charge in [0.05, 0.1) is 19.3 Å². The van der Waals surface area contributed by atoms with Gasteiger partial charge in [-0.05, 0) is 176 Å². The lowest BCUT2D eigenvalue weighted by atomic mass is 9.85. The lowest BCUT2D eigenvalue weighted by Gasteiger charge is -2.22. The molecule has 0 aliphatic heterocycles. The number of thiophene rings is 3. The largest absolute Gasteiger partial charge is 0.344 e. The van der Waals surface area contributed by atoms with Crippen LogP contribution in [0.15, 0.2) is 123 Å². The predicted octanol–water partition coefficient (Wildman–Crippen LogP) is 9.31. The summed E-state index contributed by atoms with van der Waals surface area (Å²) < 4.78 is 0. The summed E-state index contributed by atoms with van der Waals surface area (Å²) in [6.07, 6.45) is 7.90. The van der Waals surface area contributed by atoms with Gasteiger partial charge in [0.25, 0.3) is 0 Å². The molecule has 6 rings (SSSR count). The summed E-state index contributed by atoms with van der Waals surface area (Å²) in [5.41, 5.74) is 7.14. The minimum absolute atomic E-state index is 0.198. The van der Waals surface area contributed by atoms with Gasteiger partial charge in [-0.3, -0.25) is 28.8 Å². The van der Waals surface area contributed by atoms with Crippen molar-refractivity contribution >= 4 is 122 Å². The van der Waals surface area contributed by atoms with Crippen LogP contribution in [0.3, 0.4) is 0 Å². The molecule has 6 amide bonds. The van der Waals surface area contributed by atoms with E-state index >= 15 is 0 Å². The average Bonchev–Trinajstić information content (AvgIpc) is 4.18. The first-order valence-corrected chi connectivity index (χ1v) is 29.6. The molecule has 0 spiro atoms. The van der Waals surface area contributed by atoms with Crippen LogP contribution in [0.25, 0.3) is 0 Å². The van der Waals surface area contributed by atoms with Gasteiger partial charge >= 0.3 is 0 Å². The van der Waals surface area contributed by atoms with E-state index in [2.05, 4.69) is 31.9 Å². The van der Waals surface area contributed by atoms with Gasteiger partial charge in [0, 0.05) is 23.0 Å². The van der Waals surface area contributed by atoms with Gasteiger partial charge in [-0.15, -0.1) is 0 Å². The van der Waals surface area contributed by atoms with Crippen molar-refractivity contribution < 1.29 is 28.8 Å². The van der Waals surface area contributed by atoms with E-state index in [1.807, 2.05) is 142 Å². The predicted molar refractivity (Wildman–Crippen MR) is 295 cm³/mol. The van der Waals surface area contributed by atoms with Crippen molar-refractivity contribution in [3.8, 4) is 0 Å². The standard InChI is InChI=1S/C52H58N6O6S6/c1-65-22-19-43(56-46(59)28-34-16-25-68-31-34)50(62)53-40-10-4-37(5-11-40)49(38-6-12-41(13-7-38)54-51(63)44(20-23-66-2)57-47(60)29-35-17-26-69-32-35)39-8-14-42(15-9-39)55-52(64)45(21-24-67-3)58-48(61)30-36-18-27-70-33-36/h4-18,25-27,31-33,43-45,49H,19-24,28-30H2,1-3H3,(H,53,62)(H,54,63)(H,55,64)(H,56,59)(H,57,60)(H,58,61)/t43-,44-,45-/m0/s1.